The predicted octanol–water partition coefficient (Wildman–Crippen LogP) is 3.65. The van der Waals surface area contributed by atoms with Crippen molar-refractivity contribution in [1.29, 1.82) is 0 Å². The smallest absolute Gasteiger partial charge is 0.304 e. The number of aliphatic carboxylic acids is 1. The lowest BCUT2D eigenvalue weighted by atomic mass is 9.79. The lowest BCUT2D eigenvalue weighted by Gasteiger charge is -2.40. The van der Waals surface area contributed by atoms with Gasteiger partial charge in [0.15, 0.2) is 0 Å². The fourth-order valence-corrected chi connectivity index (χ4v) is 3.85. The van der Waals surface area contributed by atoms with Crippen molar-refractivity contribution in [2.45, 2.75) is 62.9 Å². The molecule has 2 aliphatic carbocycles. The van der Waals surface area contributed by atoms with Crippen LogP contribution in [-0.4, -0.2) is 34.6 Å². The van der Waals surface area contributed by atoms with Gasteiger partial charge in [0.2, 0.25) is 0 Å². The molecule has 0 amide bonds. The number of carbonyl (C=O) groups is 1. The molecule has 0 spiro atoms. The first kappa shape index (κ1) is 14.6. The van der Waals surface area contributed by atoms with Crippen molar-refractivity contribution < 1.29 is 9.90 Å². The highest BCUT2D eigenvalue weighted by molar-refractivity contribution is 5.66. The van der Waals surface area contributed by atoms with E-state index in [4.69, 9.17) is 5.11 Å². The van der Waals surface area contributed by atoms with Crippen LogP contribution in [0.25, 0.3) is 0 Å². The number of hydrogen-bond acceptors (Lipinski definition) is 2. The molecule has 114 valence electrons. The maximum atomic E-state index is 11.0. The highest BCUT2D eigenvalue weighted by Gasteiger charge is 2.38. The minimum Gasteiger partial charge on any atom is -0.481 e. The van der Waals surface area contributed by atoms with Crippen LogP contribution in [0.3, 0.4) is 0 Å². The Balaban J connectivity index is 1.76. The number of benzene rings is 1. The summed E-state index contributed by atoms with van der Waals surface area (Å²) in [5, 5.41) is 9.02. The SMILES string of the molecule is O=C(O)CCN(C1CC1)C1CCCCC1c1ccccc1. The van der Waals surface area contributed by atoms with Crippen LogP contribution >= 0.6 is 0 Å². The molecule has 0 radical (unpaired) electrons. The second kappa shape index (κ2) is 6.61. The van der Waals surface area contributed by atoms with E-state index in [0.29, 0.717) is 24.5 Å². The molecule has 0 aromatic heterocycles. The Labute approximate surface area is 127 Å². The molecule has 0 heterocycles. The molecule has 2 fully saturated rings. The Hall–Kier alpha value is -1.35. The van der Waals surface area contributed by atoms with E-state index in [0.717, 1.165) is 0 Å². The van der Waals surface area contributed by atoms with Gasteiger partial charge in [-0.2, -0.15) is 0 Å². The number of carboxylic acids is 1. The van der Waals surface area contributed by atoms with Crippen molar-refractivity contribution >= 4 is 5.97 Å². The van der Waals surface area contributed by atoms with Gasteiger partial charge < -0.3 is 5.11 Å². The van der Waals surface area contributed by atoms with E-state index in [-0.39, 0.29) is 6.42 Å². The second-order valence-corrected chi connectivity index (χ2v) is 6.48. The third-order valence-electron chi connectivity index (χ3n) is 4.98. The Morgan fingerprint density at radius 1 is 1.10 bits per heavy atom. The van der Waals surface area contributed by atoms with E-state index >= 15 is 0 Å². The summed E-state index contributed by atoms with van der Waals surface area (Å²) in [5.74, 6) is -0.0953. The van der Waals surface area contributed by atoms with Crippen LogP contribution in [0.5, 0.6) is 0 Å². The maximum absolute atomic E-state index is 11.0. The summed E-state index contributed by atoms with van der Waals surface area (Å²) < 4.78 is 0. The van der Waals surface area contributed by atoms with Gasteiger partial charge in [0, 0.05) is 18.6 Å². The van der Waals surface area contributed by atoms with Crippen molar-refractivity contribution in [1.82, 2.24) is 4.90 Å². The topological polar surface area (TPSA) is 40.5 Å². The first-order chi connectivity index (χ1) is 10.3. The lowest BCUT2D eigenvalue weighted by molar-refractivity contribution is -0.137. The van der Waals surface area contributed by atoms with Gasteiger partial charge in [-0.25, -0.2) is 0 Å². The summed E-state index contributed by atoms with van der Waals surface area (Å²) in [6.45, 7) is 0.716. The van der Waals surface area contributed by atoms with Crippen LogP contribution in [-0.2, 0) is 4.79 Å². The first-order valence-electron chi connectivity index (χ1n) is 8.28. The maximum Gasteiger partial charge on any atom is 0.304 e. The van der Waals surface area contributed by atoms with E-state index in [1.165, 1.54) is 44.1 Å². The van der Waals surface area contributed by atoms with Crippen LogP contribution < -0.4 is 0 Å². The molecular weight excluding hydrogens is 262 g/mol. The van der Waals surface area contributed by atoms with Gasteiger partial charge in [-0.1, -0.05) is 43.2 Å². The first-order valence-corrected chi connectivity index (χ1v) is 8.28. The molecule has 2 atom stereocenters. The summed E-state index contributed by atoms with van der Waals surface area (Å²) >= 11 is 0. The molecule has 3 nitrogen and oxygen atoms in total. The normalized spacial score (nSPS) is 26.0. The number of nitrogens with zero attached hydrogens (tertiary/aromatic N) is 1. The van der Waals surface area contributed by atoms with Crippen molar-refractivity contribution in [2.75, 3.05) is 6.54 Å². The van der Waals surface area contributed by atoms with Crippen LogP contribution in [0.2, 0.25) is 0 Å². The minimum atomic E-state index is -0.673. The van der Waals surface area contributed by atoms with Crippen molar-refractivity contribution in [3.8, 4) is 0 Å². The minimum absolute atomic E-state index is 0.272. The summed E-state index contributed by atoms with van der Waals surface area (Å²) in [4.78, 5) is 13.5. The van der Waals surface area contributed by atoms with Gasteiger partial charge in [-0.05, 0) is 37.2 Å². The molecule has 2 saturated carbocycles. The van der Waals surface area contributed by atoms with Gasteiger partial charge in [-0.15, -0.1) is 0 Å². The Morgan fingerprint density at radius 3 is 2.48 bits per heavy atom. The zero-order valence-electron chi connectivity index (χ0n) is 12.6. The molecule has 1 aromatic carbocycles. The average molecular weight is 287 g/mol. The van der Waals surface area contributed by atoms with Gasteiger partial charge in [0.1, 0.15) is 0 Å². The number of hydrogen-bond donors (Lipinski definition) is 1. The third-order valence-corrected chi connectivity index (χ3v) is 4.98. The summed E-state index contributed by atoms with van der Waals surface area (Å²) in [5.41, 5.74) is 1.43. The van der Waals surface area contributed by atoms with Gasteiger partial charge in [0.05, 0.1) is 6.42 Å². The van der Waals surface area contributed by atoms with Crippen LogP contribution in [0.1, 0.15) is 56.4 Å². The zero-order valence-corrected chi connectivity index (χ0v) is 12.6. The van der Waals surface area contributed by atoms with Crippen LogP contribution in [0.15, 0.2) is 30.3 Å². The zero-order chi connectivity index (χ0) is 14.7. The molecule has 1 aromatic rings. The van der Waals surface area contributed by atoms with E-state index in [2.05, 4.69) is 35.2 Å². The molecule has 2 unspecified atom stereocenters. The van der Waals surface area contributed by atoms with Crippen molar-refractivity contribution in [3.63, 3.8) is 0 Å². The third kappa shape index (κ3) is 3.65. The number of carboxylic acid groups (broad SMARTS) is 1. The molecule has 0 aliphatic heterocycles. The standard InChI is InChI=1S/C18H25NO2/c20-18(21)12-13-19(15-10-11-15)17-9-5-4-8-16(17)14-6-2-1-3-7-14/h1-3,6-7,15-17H,4-5,8-13H2,(H,20,21). The Morgan fingerprint density at radius 2 is 1.81 bits per heavy atom. The summed E-state index contributed by atoms with van der Waals surface area (Å²) in [6, 6.07) is 12.0. The molecule has 3 rings (SSSR count). The van der Waals surface area contributed by atoms with Crippen LogP contribution in [0.4, 0.5) is 0 Å². The largest absolute Gasteiger partial charge is 0.481 e. The molecule has 21 heavy (non-hydrogen) atoms. The highest BCUT2D eigenvalue weighted by atomic mass is 16.4. The van der Waals surface area contributed by atoms with Gasteiger partial charge in [0.25, 0.3) is 0 Å². The average Bonchev–Trinajstić information content (AvgIpc) is 3.33. The molecule has 3 heteroatoms. The fourth-order valence-electron chi connectivity index (χ4n) is 3.85. The van der Waals surface area contributed by atoms with Crippen molar-refractivity contribution in [3.05, 3.63) is 35.9 Å². The van der Waals surface area contributed by atoms with E-state index in [1.807, 2.05) is 0 Å². The van der Waals surface area contributed by atoms with Crippen molar-refractivity contribution in [2.24, 2.45) is 0 Å². The summed E-state index contributed by atoms with van der Waals surface area (Å²) in [7, 11) is 0. The molecule has 0 bridgehead atoms. The number of rotatable bonds is 6. The Kier molecular flexibility index (Phi) is 4.59. The van der Waals surface area contributed by atoms with E-state index in [9.17, 15) is 4.79 Å². The van der Waals surface area contributed by atoms with Gasteiger partial charge >= 0.3 is 5.97 Å². The summed E-state index contributed by atoms with van der Waals surface area (Å²) in [6.07, 6.45) is 7.81. The molecule has 1 N–H and O–H groups in total. The van der Waals surface area contributed by atoms with Gasteiger partial charge in [-0.3, -0.25) is 9.69 Å². The van der Waals surface area contributed by atoms with E-state index < -0.39 is 5.97 Å². The predicted molar refractivity (Wildman–Crippen MR) is 83.4 cm³/mol. The fraction of sp³-hybridized carbons (Fsp3) is 0.611. The quantitative estimate of drug-likeness (QED) is 0.868. The lowest BCUT2D eigenvalue weighted by Crippen LogP contribution is -2.43. The second-order valence-electron chi connectivity index (χ2n) is 6.48. The molecule has 0 saturated heterocycles. The Bertz CT molecular complexity index is 469. The molecule has 2 aliphatic rings. The monoisotopic (exact) mass is 287 g/mol. The molecular formula is C18H25NO2. The van der Waals surface area contributed by atoms with Crippen LogP contribution in [0, 0.1) is 0 Å². The highest BCUT2D eigenvalue weighted by Crippen LogP contribution is 2.40. The van der Waals surface area contributed by atoms with E-state index in [1.54, 1.807) is 0 Å².